The van der Waals surface area contributed by atoms with Crippen molar-refractivity contribution < 1.29 is 43.7 Å². The third-order valence-electron chi connectivity index (χ3n) is 3.31. The van der Waals surface area contributed by atoms with Crippen LogP contribution in [0.4, 0.5) is 4.39 Å². The summed E-state index contributed by atoms with van der Waals surface area (Å²) < 4.78 is 23.9. The summed E-state index contributed by atoms with van der Waals surface area (Å²) in [6.07, 6.45) is -6.43. The van der Waals surface area contributed by atoms with Crippen molar-refractivity contribution in [3.63, 3.8) is 0 Å². The number of aliphatic hydroxyl groups excluding tert-OH is 3. The molecule has 1 rings (SSSR count). The number of benzene rings is 1. The highest BCUT2D eigenvalue weighted by molar-refractivity contribution is 7.52. The van der Waals surface area contributed by atoms with Gasteiger partial charge in [-0.1, -0.05) is 30.3 Å². The summed E-state index contributed by atoms with van der Waals surface area (Å²) in [7, 11) is -5.07. The monoisotopic (exact) mass is 381 g/mol. The van der Waals surface area contributed by atoms with Crippen LogP contribution in [0.5, 0.6) is 0 Å². The maximum absolute atomic E-state index is 13.2. The number of carbonyl (C=O) groups excluding carboxylic acids is 1. The van der Waals surface area contributed by atoms with Gasteiger partial charge in [-0.25, -0.2) is 9.45 Å². The lowest BCUT2D eigenvalue weighted by atomic mass is 10.1. The van der Waals surface area contributed by atoms with Gasteiger partial charge in [0.2, 0.25) is 12.3 Å². The molecule has 0 aliphatic carbocycles. The van der Waals surface area contributed by atoms with Gasteiger partial charge < -0.3 is 25.1 Å². The van der Waals surface area contributed by atoms with Crippen LogP contribution in [0, 0.1) is 0 Å². The molecular formula is C14H21FNO8P. The average Bonchev–Trinajstić information content (AvgIpc) is 2.57. The Morgan fingerprint density at radius 1 is 1.16 bits per heavy atom. The van der Waals surface area contributed by atoms with E-state index in [2.05, 4.69) is 0 Å². The van der Waals surface area contributed by atoms with Crippen molar-refractivity contribution in [3.05, 3.63) is 35.9 Å². The first-order valence-electron chi connectivity index (χ1n) is 7.27. The van der Waals surface area contributed by atoms with E-state index in [4.69, 9.17) is 14.6 Å². The zero-order valence-corrected chi connectivity index (χ0v) is 14.0. The molecule has 0 aliphatic heterocycles. The van der Waals surface area contributed by atoms with E-state index in [-0.39, 0.29) is 13.0 Å². The summed E-state index contributed by atoms with van der Waals surface area (Å²) in [6, 6.07) is 8.78. The summed E-state index contributed by atoms with van der Waals surface area (Å²) in [4.78, 5) is 33.3. The molecule has 1 unspecified atom stereocenters. The minimum Gasteiger partial charge on any atom is -0.390 e. The van der Waals surface area contributed by atoms with Crippen molar-refractivity contribution in [2.24, 2.45) is 0 Å². The van der Waals surface area contributed by atoms with Gasteiger partial charge in [-0.2, -0.15) is 0 Å². The van der Waals surface area contributed by atoms with E-state index in [0.29, 0.717) is 5.06 Å². The van der Waals surface area contributed by atoms with E-state index >= 15 is 0 Å². The van der Waals surface area contributed by atoms with E-state index in [9.17, 15) is 29.1 Å². The second-order valence-electron chi connectivity index (χ2n) is 5.35. The molecule has 0 bridgehead atoms. The molecule has 11 heteroatoms. The summed E-state index contributed by atoms with van der Waals surface area (Å²) in [6.45, 7) is -0.531. The van der Waals surface area contributed by atoms with Crippen LogP contribution in [-0.4, -0.2) is 67.3 Å². The van der Waals surface area contributed by atoms with Gasteiger partial charge in [-0.15, -0.1) is 0 Å². The largest absolute Gasteiger partial charge is 0.390 e. The first-order chi connectivity index (χ1) is 11.6. The van der Waals surface area contributed by atoms with Crippen LogP contribution in [-0.2, 0) is 20.8 Å². The van der Waals surface area contributed by atoms with Crippen molar-refractivity contribution in [2.75, 3.05) is 6.54 Å². The number of alkyl halides is 1. The number of hydrogen-bond donors (Lipinski definition) is 5. The molecule has 1 aromatic rings. The summed E-state index contributed by atoms with van der Waals surface area (Å²) in [5.41, 5.74) is 0.742. The standard InChI is InChI=1S/C14H21FNO8P/c15-13(25(21,22)23)6-11(18)14(20)12(19)7-16(9-17)24-8-10-4-2-1-3-5-10/h1-5,9,11-14,18-20H,6-8H2,(H2,21,22,23)/t11-,12+,13?,14-/m1/s1. The molecule has 1 amide bonds. The second kappa shape index (κ2) is 9.93. The summed E-state index contributed by atoms with van der Waals surface area (Å²) >= 11 is 0. The molecule has 0 aliphatic rings. The number of halogens is 1. The van der Waals surface area contributed by atoms with Crippen molar-refractivity contribution >= 4 is 14.0 Å². The number of hydroxylamine groups is 2. The minimum atomic E-state index is -5.07. The second-order valence-corrected chi connectivity index (χ2v) is 7.09. The predicted octanol–water partition coefficient (Wildman–Crippen LogP) is -0.477. The Morgan fingerprint density at radius 3 is 2.28 bits per heavy atom. The molecule has 1 aromatic carbocycles. The van der Waals surface area contributed by atoms with E-state index in [1.807, 2.05) is 0 Å². The summed E-state index contributed by atoms with van der Waals surface area (Å²) in [5.74, 6) is -2.68. The maximum Gasteiger partial charge on any atom is 0.359 e. The first kappa shape index (κ1) is 21.7. The fourth-order valence-corrected chi connectivity index (χ4v) is 2.37. The first-order valence-corrected chi connectivity index (χ1v) is 8.95. The average molecular weight is 381 g/mol. The SMILES string of the molecule is O=CN(C[C@H](O)[C@H](O)[C@H](O)CC(F)P(=O)(O)O)OCc1ccccc1. The Labute approximate surface area is 143 Å². The molecule has 9 nitrogen and oxygen atoms in total. The fourth-order valence-electron chi connectivity index (χ4n) is 1.88. The van der Waals surface area contributed by atoms with Crippen LogP contribution >= 0.6 is 7.60 Å². The lowest BCUT2D eigenvalue weighted by molar-refractivity contribution is -0.192. The molecule has 0 fully saturated rings. The van der Waals surface area contributed by atoms with Crippen molar-refractivity contribution in [1.82, 2.24) is 5.06 Å². The third kappa shape index (κ3) is 7.57. The maximum atomic E-state index is 13.2. The normalized spacial score (nSPS) is 16.7. The molecular weight excluding hydrogens is 360 g/mol. The topological polar surface area (TPSA) is 148 Å². The Bertz CT molecular complexity index is 571. The van der Waals surface area contributed by atoms with Crippen molar-refractivity contribution in [2.45, 2.75) is 37.3 Å². The van der Waals surface area contributed by atoms with Gasteiger partial charge in [0.25, 0.3) is 0 Å². The molecule has 5 N–H and O–H groups in total. The van der Waals surface area contributed by atoms with Crippen LogP contribution in [0.1, 0.15) is 12.0 Å². The molecule has 0 saturated carbocycles. The third-order valence-corrected chi connectivity index (χ3v) is 4.25. The smallest absolute Gasteiger partial charge is 0.359 e. The lowest BCUT2D eigenvalue weighted by Crippen LogP contribution is -2.45. The number of rotatable bonds is 11. The highest BCUT2D eigenvalue weighted by Gasteiger charge is 2.35. The van der Waals surface area contributed by atoms with Gasteiger partial charge in [0.05, 0.1) is 12.6 Å². The lowest BCUT2D eigenvalue weighted by Gasteiger charge is -2.27. The van der Waals surface area contributed by atoms with Crippen LogP contribution in [0.15, 0.2) is 30.3 Å². The van der Waals surface area contributed by atoms with E-state index in [0.717, 1.165) is 5.56 Å². The zero-order chi connectivity index (χ0) is 19.0. The Hall–Kier alpha value is -1.39. The number of aliphatic hydroxyl groups is 3. The fraction of sp³-hybridized carbons (Fsp3) is 0.500. The van der Waals surface area contributed by atoms with Crippen LogP contribution in [0.3, 0.4) is 0 Å². The van der Waals surface area contributed by atoms with Gasteiger partial charge in [-0.3, -0.25) is 14.2 Å². The molecule has 142 valence electrons. The summed E-state index contributed by atoms with van der Waals surface area (Å²) in [5, 5.41) is 29.8. The van der Waals surface area contributed by atoms with Gasteiger partial charge in [0.15, 0.2) is 0 Å². The van der Waals surface area contributed by atoms with Gasteiger partial charge in [0.1, 0.15) is 18.8 Å². The minimum absolute atomic E-state index is 0.00963. The Kier molecular flexibility index (Phi) is 8.60. The number of carbonyl (C=O) groups is 1. The highest BCUT2D eigenvalue weighted by Crippen LogP contribution is 2.44. The number of hydrogen-bond acceptors (Lipinski definition) is 6. The molecule has 0 spiro atoms. The van der Waals surface area contributed by atoms with E-state index in [1.54, 1.807) is 30.3 Å². The molecule has 0 saturated heterocycles. The van der Waals surface area contributed by atoms with Gasteiger partial charge in [-0.05, 0) is 5.56 Å². The van der Waals surface area contributed by atoms with E-state index < -0.39 is 44.8 Å². The molecule has 25 heavy (non-hydrogen) atoms. The molecule has 0 aromatic heterocycles. The van der Waals surface area contributed by atoms with Crippen molar-refractivity contribution in [1.29, 1.82) is 0 Å². The quantitative estimate of drug-likeness (QED) is 0.196. The van der Waals surface area contributed by atoms with Gasteiger partial charge >= 0.3 is 7.60 Å². The van der Waals surface area contributed by atoms with E-state index in [1.165, 1.54) is 0 Å². The van der Waals surface area contributed by atoms with Crippen LogP contribution < -0.4 is 0 Å². The molecule has 0 heterocycles. The molecule has 0 radical (unpaired) electrons. The van der Waals surface area contributed by atoms with Crippen LogP contribution in [0.25, 0.3) is 0 Å². The van der Waals surface area contributed by atoms with Crippen molar-refractivity contribution in [3.8, 4) is 0 Å². The zero-order valence-electron chi connectivity index (χ0n) is 13.1. The highest BCUT2D eigenvalue weighted by atomic mass is 31.2. The number of amides is 1. The number of nitrogens with zero attached hydrogens (tertiary/aromatic N) is 1. The Balaban J connectivity index is 2.51. The van der Waals surface area contributed by atoms with Gasteiger partial charge in [0, 0.05) is 6.42 Å². The molecule has 4 atom stereocenters. The van der Waals surface area contributed by atoms with Crippen LogP contribution in [0.2, 0.25) is 0 Å². The predicted molar refractivity (Wildman–Crippen MR) is 83.6 cm³/mol. The Morgan fingerprint density at radius 2 is 1.76 bits per heavy atom.